The molecule has 0 spiro atoms. The third-order valence-electron chi connectivity index (χ3n) is 1.79. The fourth-order valence-electron chi connectivity index (χ4n) is 1.21. The lowest BCUT2D eigenvalue weighted by Crippen LogP contribution is -2.51. The van der Waals surface area contributed by atoms with Crippen molar-refractivity contribution in [2.75, 3.05) is 26.2 Å². The first-order valence-electron chi connectivity index (χ1n) is 3.87. The van der Waals surface area contributed by atoms with E-state index in [-0.39, 0.29) is 12.6 Å². The van der Waals surface area contributed by atoms with Gasteiger partial charge in [-0.15, -0.1) is 0 Å². The van der Waals surface area contributed by atoms with Gasteiger partial charge in [0.1, 0.15) is 0 Å². The fraction of sp³-hybridized carbons (Fsp3) is 0.857. The summed E-state index contributed by atoms with van der Waals surface area (Å²) in [6, 6.07) is -0.0582. The van der Waals surface area contributed by atoms with Crippen LogP contribution in [0.4, 0.5) is 4.79 Å². The summed E-state index contributed by atoms with van der Waals surface area (Å²) in [7, 11) is 0. The zero-order chi connectivity index (χ0) is 8.27. The van der Waals surface area contributed by atoms with Crippen LogP contribution < -0.4 is 5.32 Å². The third-order valence-corrected chi connectivity index (χ3v) is 1.79. The first-order chi connectivity index (χ1) is 5.24. The molecule has 0 aliphatic carbocycles. The van der Waals surface area contributed by atoms with Gasteiger partial charge < -0.3 is 15.3 Å². The summed E-state index contributed by atoms with van der Waals surface area (Å²) in [5, 5.41) is 11.3. The van der Waals surface area contributed by atoms with Crippen molar-refractivity contribution in [1.29, 1.82) is 0 Å². The lowest BCUT2D eigenvalue weighted by molar-refractivity contribution is 0.152. The third kappa shape index (κ3) is 2.08. The second kappa shape index (κ2) is 3.57. The molecule has 1 saturated heterocycles. The van der Waals surface area contributed by atoms with Crippen LogP contribution >= 0.6 is 0 Å². The van der Waals surface area contributed by atoms with Crippen molar-refractivity contribution >= 4 is 6.03 Å². The maximum absolute atomic E-state index is 11.0. The molecule has 1 aliphatic heterocycles. The maximum Gasteiger partial charge on any atom is 0.317 e. The van der Waals surface area contributed by atoms with E-state index in [9.17, 15) is 4.79 Å². The summed E-state index contributed by atoms with van der Waals surface area (Å²) < 4.78 is 0. The summed E-state index contributed by atoms with van der Waals surface area (Å²) in [4.78, 5) is 12.7. The van der Waals surface area contributed by atoms with E-state index in [0.717, 1.165) is 13.1 Å². The normalized spacial score (nSPS) is 25.1. The molecule has 0 radical (unpaired) electrons. The van der Waals surface area contributed by atoms with Gasteiger partial charge in [0.05, 0.1) is 6.61 Å². The number of nitrogens with one attached hydrogen (secondary N) is 1. The van der Waals surface area contributed by atoms with Gasteiger partial charge in [-0.3, -0.25) is 0 Å². The van der Waals surface area contributed by atoms with Gasteiger partial charge in [0, 0.05) is 19.6 Å². The highest BCUT2D eigenvalue weighted by atomic mass is 16.3. The van der Waals surface area contributed by atoms with Gasteiger partial charge >= 0.3 is 6.03 Å². The van der Waals surface area contributed by atoms with Crippen molar-refractivity contribution in [2.45, 2.75) is 6.92 Å². The number of urea groups is 1. The number of aliphatic hydroxyl groups is 1. The predicted molar refractivity (Wildman–Crippen MR) is 41.2 cm³/mol. The highest BCUT2D eigenvalue weighted by molar-refractivity contribution is 5.74. The van der Waals surface area contributed by atoms with E-state index in [2.05, 4.69) is 12.2 Å². The molecule has 0 aromatic heterocycles. The van der Waals surface area contributed by atoms with Crippen molar-refractivity contribution in [3.8, 4) is 0 Å². The molecule has 0 aromatic rings. The van der Waals surface area contributed by atoms with E-state index in [1.54, 1.807) is 4.90 Å². The van der Waals surface area contributed by atoms with Crippen LogP contribution in [-0.4, -0.2) is 42.3 Å². The van der Waals surface area contributed by atoms with E-state index < -0.39 is 0 Å². The second-order valence-corrected chi connectivity index (χ2v) is 2.96. The van der Waals surface area contributed by atoms with Crippen LogP contribution in [0.5, 0.6) is 0 Å². The Balaban J connectivity index is 2.40. The van der Waals surface area contributed by atoms with Crippen LogP contribution in [0.1, 0.15) is 6.92 Å². The number of amides is 2. The van der Waals surface area contributed by atoms with Crippen molar-refractivity contribution < 1.29 is 9.90 Å². The average molecular weight is 158 g/mol. The zero-order valence-corrected chi connectivity index (χ0v) is 6.71. The molecule has 1 rings (SSSR count). The lowest BCUT2D eigenvalue weighted by atomic mass is 10.1. The Morgan fingerprint density at radius 2 is 2.55 bits per heavy atom. The number of carbonyl (C=O) groups is 1. The molecular weight excluding hydrogens is 144 g/mol. The Bertz CT molecular complexity index is 149. The zero-order valence-electron chi connectivity index (χ0n) is 6.71. The van der Waals surface area contributed by atoms with E-state index in [4.69, 9.17) is 5.11 Å². The first kappa shape index (κ1) is 8.33. The van der Waals surface area contributed by atoms with E-state index >= 15 is 0 Å². The predicted octanol–water partition coefficient (Wildman–Crippen LogP) is -0.360. The molecular formula is C7H14N2O2. The van der Waals surface area contributed by atoms with Crippen LogP contribution in [0, 0.1) is 5.92 Å². The van der Waals surface area contributed by atoms with Crippen molar-refractivity contribution in [3.05, 3.63) is 0 Å². The molecule has 1 heterocycles. The minimum atomic E-state index is -0.0582. The Morgan fingerprint density at radius 1 is 1.82 bits per heavy atom. The Kier molecular flexibility index (Phi) is 2.70. The number of carbonyl (C=O) groups excluding carboxylic acids is 1. The van der Waals surface area contributed by atoms with Gasteiger partial charge in [0.15, 0.2) is 0 Å². The highest BCUT2D eigenvalue weighted by Gasteiger charge is 2.20. The topological polar surface area (TPSA) is 52.6 Å². The summed E-state index contributed by atoms with van der Waals surface area (Å²) in [5.74, 6) is 0.485. The van der Waals surface area contributed by atoms with Crippen LogP contribution in [0.2, 0.25) is 0 Å². The van der Waals surface area contributed by atoms with E-state index in [1.165, 1.54) is 0 Å². The lowest BCUT2D eigenvalue weighted by Gasteiger charge is -2.30. The number of hydrogen-bond acceptors (Lipinski definition) is 2. The number of β-amino-alcohol motifs (C(OH)–C–C–N with tert-alkyl or cyclic N) is 1. The Hall–Kier alpha value is -0.770. The van der Waals surface area contributed by atoms with Gasteiger partial charge in [0.25, 0.3) is 0 Å². The molecule has 0 aromatic carbocycles. The molecule has 1 aliphatic rings. The van der Waals surface area contributed by atoms with Crippen LogP contribution in [0.25, 0.3) is 0 Å². The molecule has 0 bridgehead atoms. The molecule has 2 N–H and O–H groups in total. The van der Waals surface area contributed by atoms with Crippen molar-refractivity contribution in [3.63, 3.8) is 0 Å². The standard InChI is InChI=1S/C7H14N2O2/c1-6-4-8-7(11)9(5-6)2-3-10/h6,10H,2-5H2,1H3,(H,8,11). The smallest absolute Gasteiger partial charge is 0.317 e. The van der Waals surface area contributed by atoms with Gasteiger partial charge in [0.2, 0.25) is 0 Å². The van der Waals surface area contributed by atoms with Gasteiger partial charge in [-0.1, -0.05) is 6.92 Å². The summed E-state index contributed by atoms with van der Waals surface area (Å²) in [6.07, 6.45) is 0. The molecule has 64 valence electrons. The largest absolute Gasteiger partial charge is 0.395 e. The average Bonchev–Trinajstić information content (AvgIpc) is 1.98. The SMILES string of the molecule is CC1CNC(=O)N(CCO)C1. The summed E-state index contributed by atoms with van der Waals surface area (Å²) in [5.41, 5.74) is 0. The number of aliphatic hydroxyl groups excluding tert-OH is 1. The monoisotopic (exact) mass is 158 g/mol. The molecule has 1 fully saturated rings. The molecule has 2 amide bonds. The summed E-state index contributed by atoms with van der Waals surface area (Å²) in [6.45, 7) is 4.06. The number of nitrogens with zero attached hydrogens (tertiary/aromatic N) is 1. The Morgan fingerprint density at radius 3 is 3.18 bits per heavy atom. The maximum atomic E-state index is 11.0. The van der Waals surface area contributed by atoms with Gasteiger partial charge in [-0.25, -0.2) is 4.79 Å². The molecule has 11 heavy (non-hydrogen) atoms. The van der Waals surface area contributed by atoms with Crippen molar-refractivity contribution in [2.24, 2.45) is 5.92 Å². The highest BCUT2D eigenvalue weighted by Crippen LogP contribution is 2.04. The van der Waals surface area contributed by atoms with E-state index in [1.807, 2.05) is 0 Å². The molecule has 1 atom stereocenters. The quantitative estimate of drug-likeness (QED) is 0.576. The van der Waals surface area contributed by atoms with Gasteiger partial charge in [-0.2, -0.15) is 0 Å². The van der Waals surface area contributed by atoms with Gasteiger partial charge in [-0.05, 0) is 5.92 Å². The van der Waals surface area contributed by atoms with Crippen molar-refractivity contribution in [1.82, 2.24) is 10.2 Å². The van der Waals surface area contributed by atoms with Crippen LogP contribution in [0.15, 0.2) is 0 Å². The Labute approximate surface area is 66.2 Å². The van der Waals surface area contributed by atoms with E-state index in [0.29, 0.717) is 12.5 Å². The fourth-order valence-corrected chi connectivity index (χ4v) is 1.21. The molecule has 4 nitrogen and oxygen atoms in total. The van der Waals surface area contributed by atoms with Crippen LogP contribution in [-0.2, 0) is 0 Å². The molecule has 0 saturated carbocycles. The molecule has 4 heteroatoms. The second-order valence-electron chi connectivity index (χ2n) is 2.96. The summed E-state index contributed by atoms with van der Waals surface area (Å²) >= 11 is 0. The minimum Gasteiger partial charge on any atom is -0.395 e. The van der Waals surface area contributed by atoms with Crippen LogP contribution in [0.3, 0.4) is 0 Å². The number of rotatable bonds is 2. The number of hydrogen-bond donors (Lipinski definition) is 2. The first-order valence-corrected chi connectivity index (χ1v) is 3.87. The molecule has 1 unspecified atom stereocenters. The minimum absolute atomic E-state index is 0.0418.